The van der Waals surface area contributed by atoms with Crippen LogP contribution in [0.5, 0.6) is 0 Å². The lowest BCUT2D eigenvalue weighted by atomic mass is 9.94. The van der Waals surface area contributed by atoms with E-state index < -0.39 is 5.60 Å². The molecule has 0 radical (unpaired) electrons. The third kappa shape index (κ3) is 4.34. The Kier molecular flexibility index (Phi) is 5.31. The zero-order valence-electron chi connectivity index (χ0n) is 16.8. The highest BCUT2D eigenvalue weighted by Gasteiger charge is 2.58. The molecule has 1 atom stereocenters. The first-order valence-corrected chi connectivity index (χ1v) is 9.78. The highest BCUT2D eigenvalue weighted by Crippen LogP contribution is 2.51. The fraction of sp³-hybridized carbons (Fsp3) is 0.545. The van der Waals surface area contributed by atoms with Crippen molar-refractivity contribution in [3.8, 4) is 0 Å². The van der Waals surface area contributed by atoms with E-state index in [1.165, 1.54) is 0 Å². The average Bonchev–Trinajstić information content (AvgIpc) is 3.30. The molecule has 146 valence electrons. The van der Waals surface area contributed by atoms with Gasteiger partial charge in [0.1, 0.15) is 5.60 Å². The zero-order chi connectivity index (χ0) is 19.7. The summed E-state index contributed by atoms with van der Waals surface area (Å²) in [7, 11) is 0. The van der Waals surface area contributed by atoms with Crippen LogP contribution in [0.15, 0.2) is 36.5 Å². The van der Waals surface area contributed by atoms with Crippen LogP contribution in [-0.2, 0) is 9.53 Å². The predicted molar refractivity (Wildman–Crippen MR) is 106 cm³/mol. The molecule has 27 heavy (non-hydrogen) atoms. The first-order valence-electron chi connectivity index (χ1n) is 9.78. The molecule has 2 amide bonds. The van der Waals surface area contributed by atoms with Crippen LogP contribution < -0.4 is 0 Å². The second-order valence-electron chi connectivity index (χ2n) is 8.50. The monoisotopic (exact) mass is 370 g/mol. The minimum atomic E-state index is -0.517. The lowest BCUT2D eigenvalue weighted by molar-refractivity contribution is -0.125. The molecule has 1 heterocycles. The number of rotatable bonds is 5. The largest absolute Gasteiger partial charge is 0.444 e. The third-order valence-corrected chi connectivity index (χ3v) is 5.39. The summed E-state index contributed by atoms with van der Waals surface area (Å²) < 4.78 is 5.61. The Labute approximate surface area is 162 Å². The summed E-state index contributed by atoms with van der Waals surface area (Å²) in [5.74, 6) is 0.275. The second-order valence-corrected chi connectivity index (χ2v) is 8.50. The van der Waals surface area contributed by atoms with E-state index in [0.717, 1.165) is 18.4 Å². The van der Waals surface area contributed by atoms with Crippen LogP contribution in [0.3, 0.4) is 0 Å². The van der Waals surface area contributed by atoms with E-state index in [1.807, 2.05) is 75.2 Å². The average molecular weight is 370 g/mol. The maximum atomic E-state index is 12.7. The number of carbonyl (C=O) groups excluding carboxylic acids is 2. The van der Waals surface area contributed by atoms with Crippen molar-refractivity contribution in [1.29, 1.82) is 0 Å². The number of ether oxygens (including phenoxy) is 1. The molecule has 1 aliphatic heterocycles. The number of likely N-dealkylation sites (tertiary alicyclic amines) is 1. The van der Waals surface area contributed by atoms with Crippen LogP contribution >= 0.6 is 0 Å². The Bertz CT molecular complexity index is 717. The molecule has 2 fully saturated rings. The molecule has 1 aromatic carbocycles. The Morgan fingerprint density at radius 3 is 2.52 bits per heavy atom. The fourth-order valence-corrected chi connectivity index (χ4v) is 3.95. The van der Waals surface area contributed by atoms with Gasteiger partial charge in [0, 0.05) is 31.6 Å². The fourth-order valence-electron chi connectivity index (χ4n) is 3.95. The lowest BCUT2D eigenvalue weighted by Crippen LogP contribution is -2.49. The number of benzene rings is 1. The second kappa shape index (κ2) is 7.37. The molecule has 1 aromatic rings. The van der Waals surface area contributed by atoms with Crippen LogP contribution in [0.4, 0.5) is 4.79 Å². The molecule has 3 rings (SSSR count). The van der Waals surface area contributed by atoms with Crippen molar-refractivity contribution in [3.05, 3.63) is 42.1 Å². The van der Waals surface area contributed by atoms with Gasteiger partial charge in [-0.25, -0.2) is 4.79 Å². The molecule has 0 aromatic heterocycles. The molecule has 0 N–H and O–H groups in total. The summed E-state index contributed by atoms with van der Waals surface area (Å²) in [5, 5.41) is 0. The van der Waals surface area contributed by atoms with E-state index in [2.05, 4.69) is 0 Å². The molecule has 1 aliphatic carbocycles. The molecule has 0 bridgehead atoms. The van der Waals surface area contributed by atoms with Crippen LogP contribution in [0.1, 0.15) is 52.5 Å². The standard InChI is InChI=1S/C22H30N2O3/c1-5-24(20(26)27-21(2,3)4)22(12-13-22)18-15-19(25)23(16-18)14-11-17-9-7-6-8-10-17/h6-11,14,18H,5,12-13,15-16H2,1-4H3/t18-/m1/s1. The molecule has 1 saturated carbocycles. The SMILES string of the molecule is CCN(C(=O)OC(C)(C)C)C1([C@@H]2CC(=O)N(C=Cc3ccccc3)C2)CC1. The minimum absolute atomic E-state index is 0.124. The van der Waals surface area contributed by atoms with Gasteiger partial charge in [0.2, 0.25) is 5.91 Å². The van der Waals surface area contributed by atoms with E-state index in [-0.39, 0.29) is 23.5 Å². The molecular weight excluding hydrogens is 340 g/mol. The Morgan fingerprint density at radius 2 is 1.96 bits per heavy atom. The molecule has 2 aliphatic rings. The normalized spacial score (nSPS) is 21.6. The summed E-state index contributed by atoms with van der Waals surface area (Å²) in [5.41, 5.74) is 0.317. The summed E-state index contributed by atoms with van der Waals surface area (Å²) in [4.78, 5) is 28.9. The van der Waals surface area contributed by atoms with Crippen molar-refractivity contribution < 1.29 is 14.3 Å². The van der Waals surface area contributed by atoms with E-state index in [4.69, 9.17) is 4.74 Å². The summed E-state index contributed by atoms with van der Waals surface area (Å²) in [6.45, 7) is 8.88. The summed E-state index contributed by atoms with van der Waals surface area (Å²) in [6.07, 6.45) is 5.93. The number of carbonyl (C=O) groups is 2. The van der Waals surface area contributed by atoms with Crippen LogP contribution in [0, 0.1) is 5.92 Å². The Hall–Kier alpha value is -2.30. The number of hydrogen-bond donors (Lipinski definition) is 0. The van der Waals surface area contributed by atoms with Gasteiger partial charge in [-0.1, -0.05) is 30.3 Å². The van der Waals surface area contributed by atoms with E-state index in [0.29, 0.717) is 19.5 Å². The first-order chi connectivity index (χ1) is 12.7. The smallest absolute Gasteiger partial charge is 0.410 e. The van der Waals surface area contributed by atoms with Gasteiger partial charge in [-0.05, 0) is 52.2 Å². The molecular formula is C22H30N2O3. The van der Waals surface area contributed by atoms with E-state index >= 15 is 0 Å². The maximum Gasteiger partial charge on any atom is 0.410 e. The van der Waals surface area contributed by atoms with E-state index in [1.54, 1.807) is 4.90 Å². The van der Waals surface area contributed by atoms with Crippen molar-refractivity contribution in [2.45, 2.75) is 58.1 Å². The zero-order valence-corrected chi connectivity index (χ0v) is 16.8. The quantitative estimate of drug-likeness (QED) is 0.777. The topological polar surface area (TPSA) is 49.9 Å². The first kappa shape index (κ1) is 19.5. The molecule has 5 heteroatoms. The Morgan fingerprint density at radius 1 is 1.30 bits per heavy atom. The van der Waals surface area contributed by atoms with Gasteiger partial charge in [0.15, 0.2) is 0 Å². The van der Waals surface area contributed by atoms with Crippen molar-refractivity contribution in [3.63, 3.8) is 0 Å². The van der Waals surface area contributed by atoms with Gasteiger partial charge in [-0.3, -0.25) is 4.79 Å². The molecule has 5 nitrogen and oxygen atoms in total. The van der Waals surface area contributed by atoms with Gasteiger partial charge < -0.3 is 14.5 Å². The van der Waals surface area contributed by atoms with Gasteiger partial charge in [0.05, 0.1) is 5.54 Å². The van der Waals surface area contributed by atoms with Crippen LogP contribution in [0.25, 0.3) is 6.08 Å². The number of hydrogen-bond acceptors (Lipinski definition) is 3. The third-order valence-electron chi connectivity index (χ3n) is 5.39. The predicted octanol–water partition coefficient (Wildman–Crippen LogP) is 4.30. The van der Waals surface area contributed by atoms with E-state index in [9.17, 15) is 9.59 Å². The number of nitrogens with zero attached hydrogens (tertiary/aromatic N) is 2. The van der Waals surface area contributed by atoms with Gasteiger partial charge in [0.25, 0.3) is 0 Å². The molecule has 0 spiro atoms. The Balaban J connectivity index is 1.70. The van der Waals surface area contributed by atoms with Gasteiger partial charge in [-0.2, -0.15) is 0 Å². The highest BCUT2D eigenvalue weighted by molar-refractivity contribution is 5.81. The van der Waals surface area contributed by atoms with Crippen molar-refractivity contribution in [1.82, 2.24) is 9.80 Å². The van der Waals surface area contributed by atoms with Gasteiger partial charge >= 0.3 is 6.09 Å². The van der Waals surface area contributed by atoms with Crippen LogP contribution in [0.2, 0.25) is 0 Å². The summed E-state index contributed by atoms with van der Waals surface area (Å²) >= 11 is 0. The molecule has 0 unspecified atom stereocenters. The van der Waals surface area contributed by atoms with Gasteiger partial charge in [-0.15, -0.1) is 0 Å². The van der Waals surface area contributed by atoms with Crippen molar-refractivity contribution in [2.75, 3.05) is 13.1 Å². The molecule has 1 saturated heterocycles. The van der Waals surface area contributed by atoms with Crippen LogP contribution in [-0.4, -0.2) is 46.0 Å². The minimum Gasteiger partial charge on any atom is -0.444 e. The van der Waals surface area contributed by atoms with Crippen molar-refractivity contribution >= 4 is 18.1 Å². The summed E-state index contributed by atoms with van der Waals surface area (Å²) in [6, 6.07) is 9.96. The lowest BCUT2D eigenvalue weighted by Gasteiger charge is -2.36. The number of amides is 2. The van der Waals surface area contributed by atoms with Crippen molar-refractivity contribution in [2.24, 2.45) is 5.92 Å². The maximum absolute atomic E-state index is 12.7. The highest BCUT2D eigenvalue weighted by atomic mass is 16.6.